The van der Waals surface area contributed by atoms with Gasteiger partial charge < -0.3 is 10.2 Å². The normalized spacial score (nSPS) is 19.0. The highest BCUT2D eigenvalue weighted by atomic mass is 32.2. The highest BCUT2D eigenvalue weighted by Gasteiger charge is 2.50. The SMILES string of the molecule is C#Cc1c(SCCC(F)(F)F)ncc(C(F)(F)F)c1N1CC2(CNC2)C1. The average molecular weight is 395 g/mol. The second-order valence-corrected chi connectivity index (χ2v) is 7.60. The summed E-state index contributed by atoms with van der Waals surface area (Å²) in [4.78, 5) is 5.25. The van der Waals surface area contributed by atoms with Gasteiger partial charge in [0, 0.05) is 43.5 Å². The number of hydrogen-bond acceptors (Lipinski definition) is 4. The van der Waals surface area contributed by atoms with Crippen LogP contribution in [0.25, 0.3) is 0 Å². The number of nitrogens with one attached hydrogen (secondary N) is 1. The van der Waals surface area contributed by atoms with Gasteiger partial charge in [-0.15, -0.1) is 18.2 Å². The molecule has 0 aliphatic carbocycles. The third kappa shape index (κ3) is 3.74. The first-order valence-corrected chi connectivity index (χ1v) is 8.75. The number of pyridine rings is 1. The molecule has 1 N–H and O–H groups in total. The van der Waals surface area contributed by atoms with E-state index in [2.05, 4.69) is 16.2 Å². The molecule has 142 valence electrons. The average Bonchev–Trinajstić information content (AvgIpc) is 2.41. The minimum atomic E-state index is -4.65. The second kappa shape index (κ2) is 6.53. The quantitative estimate of drug-likeness (QED) is 0.480. The maximum Gasteiger partial charge on any atom is 0.419 e. The van der Waals surface area contributed by atoms with Crippen LogP contribution in [0, 0.1) is 17.8 Å². The highest BCUT2D eigenvalue weighted by molar-refractivity contribution is 7.99. The standard InChI is InChI=1S/C16H15F6N3S/c1-2-10-12(25-8-14(9-25)6-23-7-14)11(16(20,21)22)5-24-13(10)26-4-3-15(17,18)19/h1,5,23H,3-4,6-9H2. The highest BCUT2D eigenvalue weighted by Crippen LogP contribution is 2.46. The van der Waals surface area contributed by atoms with Crippen molar-refractivity contribution in [2.75, 3.05) is 36.8 Å². The molecule has 0 aromatic carbocycles. The van der Waals surface area contributed by atoms with E-state index >= 15 is 0 Å². The van der Waals surface area contributed by atoms with E-state index in [1.54, 1.807) is 4.90 Å². The van der Waals surface area contributed by atoms with Gasteiger partial charge in [-0.25, -0.2) is 4.98 Å². The van der Waals surface area contributed by atoms with Crippen molar-refractivity contribution in [3.8, 4) is 12.3 Å². The molecule has 0 bridgehead atoms. The van der Waals surface area contributed by atoms with E-state index in [0.29, 0.717) is 19.3 Å². The molecule has 1 spiro atoms. The molecule has 0 amide bonds. The number of hydrogen-bond donors (Lipinski definition) is 1. The predicted molar refractivity (Wildman–Crippen MR) is 86.1 cm³/mol. The van der Waals surface area contributed by atoms with Gasteiger partial charge in [0.25, 0.3) is 0 Å². The molecule has 2 aliphatic heterocycles. The minimum Gasteiger partial charge on any atom is -0.368 e. The van der Waals surface area contributed by atoms with Crippen LogP contribution in [0.2, 0.25) is 0 Å². The van der Waals surface area contributed by atoms with Crippen LogP contribution in [-0.4, -0.2) is 43.1 Å². The molecule has 3 rings (SSSR count). The molecule has 0 radical (unpaired) electrons. The molecule has 3 heterocycles. The van der Waals surface area contributed by atoms with Crippen molar-refractivity contribution in [1.82, 2.24) is 10.3 Å². The first-order chi connectivity index (χ1) is 12.0. The lowest BCUT2D eigenvalue weighted by atomic mass is 9.74. The Labute approximate surface area is 150 Å². The Balaban J connectivity index is 1.90. The number of nitrogens with zero attached hydrogens (tertiary/aromatic N) is 2. The van der Waals surface area contributed by atoms with E-state index < -0.39 is 24.3 Å². The summed E-state index contributed by atoms with van der Waals surface area (Å²) in [5, 5.41) is 3.11. The Morgan fingerprint density at radius 1 is 1.23 bits per heavy atom. The van der Waals surface area contributed by atoms with E-state index in [0.717, 1.165) is 24.9 Å². The van der Waals surface area contributed by atoms with Crippen LogP contribution < -0.4 is 10.2 Å². The summed E-state index contributed by atoms with van der Waals surface area (Å²) in [5.74, 6) is 1.86. The number of terminal acetylenes is 1. The molecule has 0 unspecified atom stereocenters. The van der Waals surface area contributed by atoms with Crippen LogP contribution in [0.5, 0.6) is 0 Å². The van der Waals surface area contributed by atoms with Crippen LogP contribution in [0.1, 0.15) is 17.5 Å². The molecule has 0 atom stereocenters. The number of rotatable bonds is 4. The zero-order valence-corrected chi connectivity index (χ0v) is 14.3. The number of alkyl halides is 6. The lowest BCUT2D eigenvalue weighted by molar-refractivity contribution is -0.137. The molecule has 0 saturated carbocycles. The van der Waals surface area contributed by atoms with Gasteiger partial charge in [-0.1, -0.05) is 5.92 Å². The van der Waals surface area contributed by atoms with Crippen molar-refractivity contribution in [2.45, 2.75) is 23.8 Å². The van der Waals surface area contributed by atoms with Crippen molar-refractivity contribution in [3.63, 3.8) is 0 Å². The summed E-state index contributed by atoms with van der Waals surface area (Å²) < 4.78 is 77.2. The molecule has 26 heavy (non-hydrogen) atoms. The Hall–Kier alpha value is -1.60. The van der Waals surface area contributed by atoms with Gasteiger partial charge in [-0.2, -0.15) is 26.3 Å². The molecule has 2 saturated heterocycles. The van der Waals surface area contributed by atoms with Gasteiger partial charge in [0.1, 0.15) is 5.03 Å². The smallest absolute Gasteiger partial charge is 0.368 e. The fourth-order valence-corrected chi connectivity index (χ4v) is 4.10. The fraction of sp³-hybridized carbons (Fsp3) is 0.562. The number of aromatic nitrogens is 1. The number of thioether (sulfide) groups is 1. The van der Waals surface area contributed by atoms with Crippen LogP contribution in [0.4, 0.5) is 32.0 Å². The third-order valence-electron chi connectivity index (χ3n) is 4.46. The Kier molecular flexibility index (Phi) is 4.82. The number of halogens is 6. The molecule has 1 aromatic rings. The molecular formula is C16H15F6N3S. The minimum absolute atomic E-state index is 0.0208. The molecule has 10 heteroatoms. The molecule has 3 nitrogen and oxygen atoms in total. The van der Waals surface area contributed by atoms with Gasteiger partial charge >= 0.3 is 12.4 Å². The Morgan fingerprint density at radius 2 is 1.88 bits per heavy atom. The van der Waals surface area contributed by atoms with E-state index in [1.165, 1.54) is 0 Å². The summed E-state index contributed by atoms with van der Waals surface area (Å²) >= 11 is 0.724. The van der Waals surface area contributed by atoms with Crippen molar-refractivity contribution < 1.29 is 26.3 Å². The van der Waals surface area contributed by atoms with E-state index in [9.17, 15) is 26.3 Å². The zero-order valence-electron chi connectivity index (χ0n) is 13.5. The summed E-state index contributed by atoms with van der Waals surface area (Å²) in [6, 6.07) is 0. The lowest BCUT2D eigenvalue weighted by Gasteiger charge is -2.57. The Bertz CT molecular complexity index is 725. The van der Waals surface area contributed by atoms with Crippen LogP contribution in [0.15, 0.2) is 11.2 Å². The van der Waals surface area contributed by atoms with Crippen LogP contribution in [0.3, 0.4) is 0 Å². The fourth-order valence-electron chi connectivity index (χ4n) is 3.15. The summed E-state index contributed by atoms with van der Waals surface area (Å²) in [6.07, 6.45) is -3.99. The first-order valence-electron chi connectivity index (χ1n) is 7.77. The molecule has 2 aliphatic rings. The van der Waals surface area contributed by atoms with Gasteiger partial charge in [-0.3, -0.25) is 0 Å². The van der Waals surface area contributed by atoms with E-state index in [-0.39, 0.29) is 27.4 Å². The largest absolute Gasteiger partial charge is 0.419 e. The topological polar surface area (TPSA) is 28.2 Å². The summed E-state index contributed by atoms with van der Waals surface area (Å²) in [7, 11) is 0. The zero-order chi connectivity index (χ0) is 19.2. The molecule has 1 aromatic heterocycles. The second-order valence-electron chi connectivity index (χ2n) is 6.52. The third-order valence-corrected chi connectivity index (χ3v) is 5.45. The monoisotopic (exact) mass is 395 g/mol. The molecule has 2 fully saturated rings. The first kappa shape index (κ1) is 19.2. The van der Waals surface area contributed by atoms with Crippen molar-refractivity contribution in [1.29, 1.82) is 0 Å². The van der Waals surface area contributed by atoms with Gasteiger partial charge in [-0.05, 0) is 0 Å². The maximum atomic E-state index is 13.4. The van der Waals surface area contributed by atoms with Crippen LogP contribution in [-0.2, 0) is 6.18 Å². The maximum absolute atomic E-state index is 13.4. The Morgan fingerprint density at radius 3 is 2.35 bits per heavy atom. The predicted octanol–water partition coefficient (Wildman–Crippen LogP) is 3.54. The van der Waals surface area contributed by atoms with Gasteiger partial charge in [0.2, 0.25) is 0 Å². The van der Waals surface area contributed by atoms with Gasteiger partial charge in [0.05, 0.1) is 23.2 Å². The summed E-state index contributed by atoms with van der Waals surface area (Å²) in [6.45, 7) is 2.31. The molecular weight excluding hydrogens is 380 g/mol. The lowest BCUT2D eigenvalue weighted by Crippen LogP contribution is -2.71. The van der Waals surface area contributed by atoms with Crippen molar-refractivity contribution in [2.24, 2.45) is 5.41 Å². The van der Waals surface area contributed by atoms with E-state index in [4.69, 9.17) is 6.42 Å². The number of anilines is 1. The van der Waals surface area contributed by atoms with Gasteiger partial charge in [0.15, 0.2) is 0 Å². The summed E-state index contributed by atoms with van der Waals surface area (Å²) in [5.41, 5.74) is -1.23. The van der Waals surface area contributed by atoms with Crippen molar-refractivity contribution in [3.05, 3.63) is 17.3 Å². The van der Waals surface area contributed by atoms with E-state index in [1.807, 2.05) is 0 Å². The van der Waals surface area contributed by atoms with Crippen molar-refractivity contribution >= 4 is 17.4 Å². The van der Waals surface area contributed by atoms with Crippen LogP contribution >= 0.6 is 11.8 Å².